The van der Waals surface area contributed by atoms with Crippen LogP contribution in [0.15, 0.2) is 82.0 Å². The maximum Gasteiger partial charge on any atom is 0.407 e. The van der Waals surface area contributed by atoms with Gasteiger partial charge in [0, 0.05) is 46.4 Å². The Morgan fingerprint density at radius 1 is 1.19 bits per heavy atom. The molecule has 0 saturated carbocycles. The summed E-state index contributed by atoms with van der Waals surface area (Å²) in [7, 11) is 0. The van der Waals surface area contributed by atoms with Crippen LogP contribution in [0.2, 0.25) is 0 Å². The van der Waals surface area contributed by atoms with Crippen molar-refractivity contribution in [1.29, 1.82) is 5.26 Å². The highest BCUT2D eigenvalue weighted by Crippen LogP contribution is 2.37. The molecule has 0 spiro atoms. The van der Waals surface area contributed by atoms with Crippen LogP contribution in [0.5, 0.6) is 11.5 Å². The molecule has 1 aliphatic heterocycles. The molecule has 2 N–H and O–H groups in total. The quantitative estimate of drug-likeness (QED) is 0.264. The highest BCUT2D eigenvalue weighted by atomic mass is 32.2. The third-order valence-corrected chi connectivity index (χ3v) is 7.62. The van der Waals surface area contributed by atoms with E-state index in [0.717, 1.165) is 28.3 Å². The number of ether oxygens (including phenoxy) is 1. The van der Waals surface area contributed by atoms with E-state index in [4.69, 9.17) is 15.0 Å². The topological polar surface area (TPSA) is 111 Å². The average molecular weight is 530 g/mol. The number of nitriles is 1. The summed E-state index contributed by atoms with van der Waals surface area (Å²) in [6.07, 6.45) is 2.62. The summed E-state index contributed by atoms with van der Waals surface area (Å²) in [6, 6.07) is 20.9. The molecule has 5 rings (SSSR count). The molecule has 0 radical (unpaired) electrons. The number of benzene rings is 2. The van der Waals surface area contributed by atoms with Crippen molar-refractivity contribution in [2.75, 3.05) is 18.4 Å². The summed E-state index contributed by atoms with van der Waals surface area (Å²) in [5.41, 5.74) is 1.50. The Hall–Kier alpha value is -4.07. The first-order valence-electron chi connectivity index (χ1n) is 11.7. The molecule has 1 amide bonds. The van der Waals surface area contributed by atoms with E-state index in [1.807, 2.05) is 53.9 Å². The number of rotatable bonds is 7. The van der Waals surface area contributed by atoms with Gasteiger partial charge >= 0.3 is 6.09 Å². The second-order valence-electron chi connectivity index (χ2n) is 8.44. The molecule has 1 aliphatic rings. The van der Waals surface area contributed by atoms with Gasteiger partial charge in [-0.1, -0.05) is 30.0 Å². The van der Waals surface area contributed by atoms with Crippen LogP contribution < -0.4 is 10.1 Å². The van der Waals surface area contributed by atoms with Crippen molar-refractivity contribution in [3.05, 3.63) is 83.5 Å². The van der Waals surface area contributed by atoms with E-state index in [1.165, 1.54) is 28.0 Å². The Labute approximate surface area is 222 Å². The fraction of sp³-hybridized carbons (Fsp3) is 0.185. The number of nitrogens with one attached hydrogen (secondary N) is 1. The zero-order valence-corrected chi connectivity index (χ0v) is 21.3. The molecule has 1 unspecified atom stereocenters. The zero-order valence-electron chi connectivity index (χ0n) is 19.7. The number of pyridine rings is 1. The number of carbonyl (C=O) groups is 1. The SMILES string of the molecule is N#Cc1ccc(Sc2cnc(Nc3nc(C4CCCN(C(=O)O)C4)cs3)c(Oc3ccccc3)c2)cc1. The normalized spacial score (nSPS) is 15.1. The van der Waals surface area contributed by atoms with E-state index in [9.17, 15) is 9.90 Å². The number of nitrogens with zero attached hydrogens (tertiary/aromatic N) is 4. The summed E-state index contributed by atoms with van der Waals surface area (Å²) in [6.45, 7) is 1.03. The molecular formula is C27H23N5O3S2. The number of aromatic nitrogens is 2. The Balaban J connectivity index is 1.37. The van der Waals surface area contributed by atoms with Gasteiger partial charge in [0.1, 0.15) is 5.75 Å². The van der Waals surface area contributed by atoms with Crippen LogP contribution >= 0.6 is 23.1 Å². The minimum atomic E-state index is -0.885. The van der Waals surface area contributed by atoms with Gasteiger partial charge in [-0.05, 0) is 49.2 Å². The fourth-order valence-electron chi connectivity index (χ4n) is 4.03. The number of amides is 1. The number of hydrogen-bond acceptors (Lipinski definition) is 8. The standard InChI is InChI=1S/C27H23N5O3S2/c28-14-18-8-10-21(11-9-18)37-22-13-24(35-20-6-2-1-3-7-20)25(29-15-22)31-26-30-23(17-36-26)19-5-4-12-32(16-19)27(33)34/h1-3,6-11,13,15,17,19H,4-5,12,16H2,(H,33,34)(H,29,30,31). The third-order valence-electron chi connectivity index (χ3n) is 5.88. The molecule has 1 fully saturated rings. The van der Waals surface area contributed by atoms with Gasteiger partial charge in [-0.3, -0.25) is 0 Å². The lowest BCUT2D eigenvalue weighted by atomic mass is 9.96. The van der Waals surface area contributed by atoms with Crippen LogP contribution in [0.25, 0.3) is 0 Å². The van der Waals surface area contributed by atoms with Crippen LogP contribution in [0.1, 0.15) is 30.0 Å². The maximum atomic E-state index is 11.4. The molecule has 1 saturated heterocycles. The first kappa shape index (κ1) is 24.6. The summed E-state index contributed by atoms with van der Waals surface area (Å²) in [5, 5.41) is 24.3. The molecular weight excluding hydrogens is 506 g/mol. The van der Waals surface area contributed by atoms with Gasteiger partial charge in [0.15, 0.2) is 16.7 Å². The van der Waals surface area contributed by atoms with Crippen LogP contribution in [-0.4, -0.2) is 39.2 Å². The van der Waals surface area contributed by atoms with Gasteiger partial charge in [0.25, 0.3) is 0 Å². The Morgan fingerprint density at radius 3 is 2.76 bits per heavy atom. The number of thiazole rings is 1. The van der Waals surface area contributed by atoms with Crippen LogP contribution in [0.3, 0.4) is 0 Å². The Morgan fingerprint density at radius 2 is 2.00 bits per heavy atom. The second kappa shape index (κ2) is 11.3. The number of carboxylic acid groups (broad SMARTS) is 1. The largest absolute Gasteiger partial charge is 0.465 e. The minimum Gasteiger partial charge on any atom is -0.465 e. The molecule has 0 aliphatic carbocycles. The van der Waals surface area contributed by atoms with Crippen molar-refractivity contribution in [2.24, 2.45) is 0 Å². The van der Waals surface area contributed by atoms with E-state index in [1.54, 1.807) is 18.3 Å². The predicted octanol–water partition coefficient (Wildman–Crippen LogP) is 6.95. The number of piperidine rings is 1. The van der Waals surface area contributed by atoms with Crippen molar-refractivity contribution in [3.63, 3.8) is 0 Å². The molecule has 4 aromatic rings. The Kier molecular flexibility index (Phi) is 7.54. The first-order valence-corrected chi connectivity index (χ1v) is 13.4. The molecule has 2 aromatic carbocycles. The lowest BCUT2D eigenvalue weighted by Gasteiger charge is -2.29. The smallest absolute Gasteiger partial charge is 0.407 e. The first-order chi connectivity index (χ1) is 18.1. The molecule has 186 valence electrons. The molecule has 8 nitrogen and oxygen atoms in total. The van der Waals surface area contributed by atoms with E-state index in [2.05, 4.69) is 16.4 Å². The zero-order chi connectivity index (χ0) is 25.6. The molecule has 1 atom stereocenters. The number of likely N-dealkylation sites (tertiary alicyclic amines) is 1. The van der Waals surface area contributed by atoms with E-state index < -0.39 is 6.09 Å². The number of hydrogen-bond donors (Lipinski definition) is 2. The molecule has 0 bridgehead atoms. The van der Waals surface area contributed by atoms with Crippen LogP contribution in [0, 0.1) is 11.3 Å². The van der Waals surface area contributed by atoms with Crippen molar-refractivity contribution in [1.82, 2.24) is 14.9 Å². The fourth-order valence-corrected chi connectivity index (χ4v) is 5.63. The molecule has 2 aromatic heterocycles. The maximum absolute atomic E-state index is 11.4. The molecule has 37 heavy (non-hydrogen) atoms. The van der Waals surface area contributed by atoms with E-state index in [-0.39, 0.29) is 5.92 Å². The van der Waals surface area contributed by atoms with Gasteiger partial charge in [0.2, 0.25) is 0 Å². The molecule has 10 heteroatoms. The van der Waals surface area contributed by atoms with Gasteiger partial charge in [-0.15, -0.1) is 11.3 Å². The van der Waals surface area contributed by atoms with Gasteiger partial charge in [0.05, 0.1) is 17.3 Å². The lowest BCUT2D eigenvalue weighted by Crippen LogP contribution is -2.38. The van der Waals surface area contributed by atoms with Crippen LogP contribution in [-0.2, 0) is 0 Å². The van der Waals surface area contributed by atoms with Gasteiger partial charge in [-0.25, -0.2) is 14.8 Å². The highest BCUT2D eigenvalue weighted by Gasteiger charge is 2.26. The summed E-state index contributed by atoms with van der Waals surface area (Å²) in [5.74, 6) is 1.85. The van der Waals surface area contributed by atoms with Crippen molar-refractivity contribution < 1.29 is 14.6 Å². The third kappa shape index (κ3) is 6.20. The average Bonchev–Trinajstić information content (AvgIpc) is 3.40. The summed E-state index contributed by atoms with van der Waals surface area (Å²) < 4.78 is 6.18. The van der Waals surface area contributed by atoms with Gasteiger partial charge < -0.3 is 20.1 Å². The van der Waals surface area contributed by atoms with Gasteiger partial charge in [-0.2, -0.15) is 5.26 Å². The highest BCUT2D eigenvalue weighted by molar-refractivity contribution is 7.99. The van der Waals surface area contributed by atoms with E-state index in [0.29, 0.717) is 41.1 Å². The number of anilines is 2. The lowest BCUT2D eigenvalue weighted by molar-refractivity contribution is 0.130. The minimum absolute atomic E-state index is 0.0795. The van der Waals surface area contributed by atoms with Crippen molar-refractivity contribution in [2.45, 2.75) is 28.6 Å². The number of para-hydroxylation sites is 1. The summed E-state index contributed by atoms with van der Waals surface area (Å²) in [4.78, 5) is 24.1. The van der Waals surface area contributed by atoms with Crippen molar-refractivity contribution in [3.8, 4) is 17.6 Å². The predicted molar refractivity (Wildman–Crippen MR) is 143 cm³/mol. The summed E-state index contributed by atoms with van der Waals surface area (Å²) >= 11 is 2.98. The van der Waals surface area contributed by atoms with Crippen LogP contribution in [0.4, 0.5) is 15.7 Å². The second-order valence-corrected chi connectivity index (χ2v) is 10.4. The monoisotopic (exact) mass is 529 g/mol. The van der Waals surface area contributed by atoms with Crippen molar-refractivity contribution >= 4 is 40.1 Å². The van der Waals surface area contributed by atoms with E-state index >= 15 is 0 Å². The molecule has 3 heterocycles. The Bertz CT molecular complexity index is 1420.